The third kappa shape index (κ3) is 2.39. The molecule has 2 aromatic rings. The van der Waals surface area contributed by atoms with E-state index >= 15 is 0 Å². The van der Waals surface area contributed by atoms with Crippen molar-refractivity contribution in [2.45, 2.75) is 25.1 Å². The quantitative estimate of drug-likeness (QED) is 0.936. The summed E-state index contributed by atoms with van der Waals surface area (Å²) in [5.41, 5.74) is 2.55. The van der Waals surface area contributed by atoms with E-state index in [1.165, 1.54) is 11.3 Å². The lowest BCUT2D eigenvalue weighted by Gasteiger charge is -2.22. The molecule has 0 fully saturated rings. The number of rotatable bonds is 3. The summed E-state index contributed by atoms with van der Waals surface area (Å²) < 4.78 is 42.6. The van der Waals surface area contributed by atoms with E-state index in [0.717, 1.165) is 11.8 Å². The van der Waals surface area contributed by atoms with Crippen molar-refractivity contribution in [3.63, 3.8) is 0 Å². The van der Waals surface area contributed by atoms with Gasteiger partial charge in [0.2, 0.25) is 0 Å². The third-order valence-electron chi connectivity index (χ3n) is 2.41. The molecule has 98 valence electrons. The number of hydrogen-bond acceptors (Lipinski definition) is 5. The molecule has 0 amide bonds. The van der Waals surface area contributed by atoms with Crippen LogP contribution >= 0.6 is 11.3 Å². The van der Waals surface area contributed by atoms with Gasteiger partial charge in [-0.3, -0.25) is 0 Å². The lowest BCUT2D eigenvalue weighted by molar-refractivity contribution is -0.190. The zero-order valence-corrected chi connectivity index (χ0v) is 10.2. The van der Waals surface area contributed by atoms with Gasteiger partial charge in [0.15, 0.2) is 11.4 Å². The van der Waals surface area contributed by atoms with Crippen LogP contribution in [-0.2, 0) is 12.0 Å². The minimum absolute atomic E-state index is 0.188. The summed E-state index contributed by atoms with van der Waals surface area (Å²) in [6, 6.07) is 3.68. The second kappa shape index (κ2) is 4.36. The Kier molecular flexibility index (Phi) is 3.16. The predicted octanol–water partition coefficient (Wildman–Crippen LogP) is 2.46. The van der Waals surface area contributed by atoms with E-state index in [-0.39, 0.29) is 5.82 Å². The summed E-state index contributed by atoms with van der Waals surface area (Å²) >= 11 is 1.46. The smallest absolute Gasteiger partial charge is 0.337 e. The molecular formula is C10H10F3N3OS. The van der Waals surface area contributed by atoms with Crippen molar-refractivity contribution in [2.75, 3.05) is 0 Å². The van der Waals surface area contributed by atoms with Crippen molar-refractivity contribution in [2.24, 2.45) is 5.73 Å². The van der Waals surface area contributed by atoms with Crippen LogP contribution in [0.3, 0.4) is 0 Å². The number of alkyl halides is 3. The van der Waals surface area contributed by atoms with Gasteiger partial charge in [0.05, 0.1) is 0 Å². The predicted molar refractivity (Wildman–Crippen MR) is 59.0 cm³/mol. The Bertz CT molecular complexity index is 519. The minimum Gasteiger partial charge on any atom is -0.337 e. The number of halogens is 3. The van der Waals surface area contributed by atoms with Crippen molar-refractivity contribution in [3.05, 3.63) is 34.1 Å². The lowest BCUT2D eigenvalue weighted by atomic mass is 10.0. The molecule has 1 unspecified atom stereocenters. The van der Waals surface area contributed by atoms with Gasteiger partial charge in [0.25, 0.3) is 5.89 Å². The minimum atomic E-state index is -4.64. The maximum Gasteiger partial charge on any atom is 0.415 e. The van der Waals surface area contributed by atoms with Crippen molar-refractivity contribution < 1.29 is 17.7 Å². The topological polar surface area (TPSA) is 64.9 Å². The van der Waals surface area contributed by atoms with Crippen LogP contribution in [0.5, 0.6) is 0 Å². The molecule has 4 nitrogen and oxygen atoms in total. The van der Waals surface area contributed by atoms with Crippen molar-refractivity contribution >= 4 is 11.3 Å². The molecule has 18 heavy (non-hydrogen) atoms. The molecule has 0 aliphatic heterocycles. The van der Waals surface area contributed by atoms with E-state index in [9.17, 15) is 13.2 Å². The van der Waals surface area contributed by atoms with Gasteiger partial charge in [-0.1, -0.05) is 11.2 Å². The molecule has 0 aliphatic carbocycles. The Labute approximate surface area is 105 Å². The van der Waals surface area contributed by atoms with Crippen LogP contribution in [0, 0.1) is 0 Å². The third-order valence-corrected chi connectivity index (χ3v) is 3.29. The Balaban J connectivity index is 2.20. The number of hydrogen-bond donors (Lipinski definition) is 1. The van der Waals surface area contributed by atoms with Gasteiger partial charge < -0.3 is 10.3 Å². The number of nitrogens with two attached hydrogens (primary N) is 1. The van der Waals surface area contributed by atoms with E-state index < -0.39 is 17.6 Å². The number of nitrogens with zero attached hydrogens (tertiary/aromatic N) is 2. The Morgan fingerprint density at radius 1 is 1.44 bits per heavy atom. The highest BCUT2D eigenvalue weighted by Gasteiger charge is 2.53. The first-order valence-corrected chi connectivity index (χ1v) is 5.90. The van der Waals surface area contributed by atoms with E-state index in [0.29, 0.717) is 6.42 Å². The van der Waals surface area contributed by atoms with Crippen molar-refractivity contribution in [1.82, 2.24) is 10.1 Å². The first kappa shape index (κ1) is 13.0. The van der Waals surface area contributed by atoms with Gasteiger partial charge in [-0.15, -0.1) is 11.3 Å². The molecule has 2 rings (SSSR count). The van der Waals surface area contributed by atoms with Gasteiger partial charge in [-0.25, -0.2) is 0 Å². The highest BCUT2D eigenvalue weighted by molar-refractivity contribution is 7.09. The van der Waals surface area contributed by atoms with Crippen molar-refractivity contribution in [3.8, 4) is 0 Å². The first-order valence-electron chi connectivity index (χ1n) is 5.02. The largest absolute Gasteiger partial charge is 0.415 e. The van der Waals surface area contributed by atoms with Crippen LogP contribution in [-0.4, -0.2) is 16.3 Å². The molecule has 2 aromatic heterocycles. The van der Waals surface area contributed by atoms with Crippen LogP contribution in [0.25, 0.3) is 0 Å². The van der Waals surface area contributed by atoms with Gasteiger partial charge in [0, 0.05) is 11.3 Å². The van der Waals surface area contributed by atoms with Crippen LogP contribution in [0.2, 0.25) is 0 Å². The molecule has 0 spiro atoms. The molecular weight excluding hydrogens is 267 g/mol. The van der Waals surface area contributed by atoms with Crippen LogP contribution in [0.15, 0.2) is 22.0 Å². The fourth-order valence-corrected chi connectivity index (χ4v) is 1.93. The summed E-state index contributed by atoms with van der Waals surface area (Å²) in [4.78, 5) is 4.65. The Morgan fingerprint density at radius 2 is 2.17 bits per heavy atom. The summed E-state index contributed by atoms with van der Waals surface area (Å²) in [5.74, 6) is -0.435. The molecule has 2 heterocycles. The zero-order chi connectivity index (χ0) is 13.4. The maximum absolute atomic E-state index is 12.7. The van der Waals surface area contributed by atoms with E-state index in [2.05, 4.69) is 14.7 Å². The molecule has 0 aromatic carbocycles. The molecule has 0 aliphatic rings. The van der Waals surface area contributed by atoms with E-state index in [4.69, 9.17) is 5.73 Å². The number of aromatic nitrogens is 2. The van der Waals surface area contributed by atoms with Crippen molar-refractivity contribution in [1.29, 1.82) is 0 Å². The highest BCUT2D eigenvalue weighted by atomic mass is 32.1. The normalized spacial score (nSPS) is 15.6. The monoisotopic (exact) mass is 277 g/mol. The van der Waals surface area contributed by atoms with E-state index in [1.54, 1.807) is 0 Å². The first-order chi connectivity index (χ1) is 8.30. The molecule has 0 bridgehead atoms. The average molecular weight is 277 g/mol. The highest BCUT2D eigenvalue weighted by Crippen LogP contribution is 2.35. The van der Waals surface area contributed by atoms with Gasteiger partial charge >= 0.3 is 6.18 Å². The summed E-state index contributed by atoms with van der Waals surface area (Å²) in [7, 11) is 0. The molecule has 1 atom stereocenters. The summed E-state index contributed by atoms with van der Waals surface area (Å²) in [5, 5.41) is 5.37. The fraction of sp³-hybridized carbons (Fsp3) is 0.400. The SMILES string of the molecule is CC(N)(c1nc(Cc2cccs2)no1)C(F)(F)F. The standard InChI is InChI=1S/C10H10F3N3OS/c1-9(14,10(11,12)13)8-15-7(16-17-8)5-6-3-2-4-18-6/h2-4H,5,14H2,1H3. The second-order valence-electron chi connectivity index (χ2n) is 3.97. The van der Waals surface area contributed by atoms with Crippen LogP contribution < -0.4 is 5.73 Å². The molecule has 0 saturated heterocycles. The zero-order valence-electron chi connectivity index (χ0n) is 9.36. The Hall–Kier alpha value is -1.41. The van der Waals surface area contributed by atoms with Crippen LogP contribution in [0.1, 0.15) is 23.5 Å². The molecule has 2 N–H and O–H groups in total. The molecule has 0 radical (unpaired) electrons. The molecule has 0 saturated carbocycles. The second-order valence-corrected chi connectivity index (χ2v) is 5.00. The fourth-order valence-electron chi connectivity index (χ4n) is 1.23. The molecule has 8 heteroatoms. The van der Waals surface area contributed by atoms with Gasteiger partial charge in [-0.05, 0) is 18.4 Å². The van der Waals surface area contributed by atoms with Gasteiger partial charge in [-0.2, -0.15) is 18.2 Å². The Morgan fingerprint density at radius 3 is 2.72 bits per heavy atom. The van der Waals surface area contributed by atoms with E-state index in [1.807, 2.05) is 17.5 Å². The van der Waals surface area contributed by atoms with Gasteiger partial charge in [0.1, 0.15) is 0 Å². The summed E-state index contributed by atoms with van der Waals surface area (Å²) in [6.45, 7) is 0.801. The van der Waals surface area contributed by atoms with Crippen LogP contribution in [0.4, 0.5) is 13.2 Å². The lowest BCUT2D eigenvalue weighted by Crippen LogP contribution is -2.48. The number of thiophene rings is 1. The summed E-state index contributed by atoms with van der Waals surface area (Å²) in [6.07, 6.45) is -4.31. The maximum atomic E-state index is 12.7. The average Bonchev–Trinajstić information content (AvgIpc) is 2.87.